The zero-order valence-corrected chi connectivity index (χ0v) is 23.1. The van der Waals surface area contributed by atoms with Gasteiger partial charge in [-0.2, -0.15) is 0 Å². The van der Waals surface area contributed by atoms with Crippen molar-refractivity contribution in [1.82, 2.24) is 4.90 Å². The molecule has 2 heterocycles. The molecule has 3 aromatic carbocycles. The van der Waals surface area contributed by atoms with E-state index in [1.165, 1.54) is 11.8 Å². The topological polar surface area (TPSA) is 66.9 Å². The summed E-state index contributed by atoms with van der Waals surface area (Å²) in [6.45, 7) is 5.82. The van der Waals surface area contributed by atoms with E-state index in [2.05, 4.69) is 19.1 Å². The van der Waals surface area contributed by atoms with Crippen LogP contribution in [0.4, 0.5) is 5.69 Å². The van der Waals surface area contributed by atoms with Crippen molar-refractivity contribution in [3.63, 3.8) is 0 Å². The average Bonchev–Trinajstić information content (AvgIpc) is 2.96. The summed E-state index contributed by atoms with van der Waals surface area (Å²) < 4.78 is 5.13. The van der Waals surface area contributed by atoms with Gasteiger partial charge in [-0.1, -0.05) is 60.3 Å². The fourth-order valence-corrected chi connectivity index (χ4v) is 6.07. The number of thioether (sulfide) groups is 1. The molecule has 1 saturated heterocycles. The number of piperidine rings is 1. The van der Waals surface area contributed by atoms with E-state index in [-0.39, 0.29) is 23.7 Å². The highest BCUT2D eigenvalue weighted by Crippen LogP contribution is 2.42. The van der Waals surface area contributed by atoms with Crippen LogP contribution in [0.5, 0.6) is 0 Å². The number of anilines is 1. The van der Waals surface area contributed by atoms with Crippen LogP contribution in [-0.2, 0) is 20.9 Å². The third-order valence-electron chi connectivity index (χ3n) is 7.28. The molecule has 0 N–H and O–H groups in total. The van der Waals surface area contributed by atoms with Gasteiger partial charge in [-0.3, -0.25) is 14.4 Å². The van der Waals surface area contributed by atoms with Gasteiger partial charge in [0.2, 0.25) is 0 Å². The average molecular weight is 541 g/mol. The van der Waals surface area contributed by atoms with Crippen LogP contribution in [-0.4, -0.2) is 42.4 Å². The van der Waals surface area contributed by atoms with Crippen molar-refractivity contribution >= 4 is 41.3 Å². The summed E-state index contributed by atoms with van der Waals surface area (Å²) in [6, 6.07) is 23.5. The Morgan fingerprint density at radius 2 is 1.67 bits per heavy atom. The molecule has 200 valence electrons. The zero-order chi connectivity index (χ0) is 27.4. The number of hydrogen-bond acceptors (Lipinski definition) is 5. The largest absolute Gasteiger partial charge is 0.466 e. The van der Waals surface area contributed by atoms with Crippen molar-refractivity contribution in [2.75, 3.05) is 24.6 Å². The molecular formula is C32H32N2O4S. The molecular weight excluding hydrogens is 508 g/mol. The minimum atomic E-state index is -0.169. The lowest BCUT2D eigenvalue weighted by Crippen LogP contribution is -2.40. The summed E-state index contributed by atoms with van der Waals surface area (Å²) >= 11 is 1.47. The predicted octanol–water partition coefficient (Wildman–Crippen LogP) is 6.09. The van der Waals surface area contributed by atoms with Crippen molar-refractivity contribution in [1.29, 1.82) is 0 Å². The van der Waals surface area contributed by atoms with Gasteiger partial charge in [-0.05, 0) is 73.7 Å². The van der Waals surface area contributed by atoms with Crippen LogP contribution >= 0.6 is 11.8 Å². The van der Waals surface area contributed by atoms with Gasteiger partial charge in [0, 0.05) is 23.5 Å². The first-order valence-corrected chi connectivity index (χ1v) is 14.2. The first-order chi connectivity index (χ1) is 18.9. The molecule has 2 amide bonds. The third-order valence-corrected chi connectivity index (χ3v) is 8.36. The lowest BCUT2D eigenvalue weighted by molar-refractivity contribution is -0.149. The van der Waals surface area contributed by atoms with Crippen LogP contribution in [0.3, 0.4) is 0 Å². The summed E-state index contributed by atoms with van der Waals surface area (Å²) in [5.41, 5.74) is 4.64. The molecule has 0 spiro atoms. The molecule has 5 rings (SSSR count). The van der Waals surface area contributed by atoms with Gasteiger partial charge in [0.15, 0.2) is 0 Å². The Balaban J connectivity index is 1.31. The summed E-state index contributed by atoms with van der Waals surface area (Å²) in [4.78, 5) is 44.0. The number of para-hydroxylation sites is 1. The van der Waals surface area contributed by atoms with E-state index in [4.69, 9.17) is 4.74 Å². The third kappa shape index (κ3) is 5.93. The number of nitrogens with zero attached hydrogens (tertiary/aromatic N) is 2. The van der Waals surface area contributed by atoms with Gasteiger partial charge in [0.25, 0.3) is 11.8 Å². The highest BCUT2D eigenvalue weighted by molar-refractivity contribution is 8.04. The Bertz CT molecular complexity index is 1410. The SMILES string of the molecule is CCOC(=O)C1CCN(C(=O)c2ccc(/C=C3/Sc4ccccc4N(Cc4ccccc4C)C3=O)cc2)CC1. The minimum absolute atomic E-state index is 0.0356. The fraction of sp³-hybridized carbons (Fsp3) is 0.281. The molecule has 0 aliphatic carbocycles. The van der Waals surface area contributed by atoms with E-state index in [1.54, 1.807) is 11.8 Å². The van der Waals surface area contributed by atoms with Crippen molar-refractivity contribution < 1.29 is 19.1 Å². The molecule has 7 heteroatoms. The summed E-state index contributed by atoms with van der Waals surface area (Å²) in [6.07, 6.45) is 3.13. The molecule has 2 aliphatic heterocycles. The van der Waals surface area contributed by atoms with Crippen LogP contribution in [0.15, 0.2) is 82.6 Å². The number of rotatable bonds is 6. The molecule has 0 bridgehead atoms. The normalized spacial score (nSPS) is 16.8. The van der Waals surface area contributed by atoms with Crippen LogP contribution in [0, 0.1) is 12.8 Å². The number of carbonyl (C=O) groups excluding carboxylic acids is 3. The van der Waals surface area contributed by atoms with E-state index in [0.29, 0.717) is 49.6 Å². The van der Waals surface area contributed by atoms with Crippen molar-refractivity contribution in [3.8, 4) is 0 Å². The fourth-order valence-electron chi connectivity index (χ4n) is 5.01. The Morgan fingerprint density at radius 3 is 2.38 bits per heavy atom. The summed E-state index contributed by atoms with van der Waals surface area (Å²) in [5, 5.41) is 0. The number of fused-ring (bicyclic) bond motifs is 1. The maximum absolute atomic E-state index is 13.6. The molecule has 0 atom stereocenters. The van der Waals surface area contributed by atoms with Crippen molar-refractivity contribution in [2.24, 2.45) is 5.92 Å². The molecule has 1 fully saturated rings. The highest BCUT2D eigenvalue weighted by atomic mass is 32.2. The zero-order valence-electron chi connectivity index (χ0n) is 22.3. The Labute approximate surface area is 233 Å². The van der Waals surface area contributed by atoms with E-state index in [1.807, 2.05) is 71.6 Å². The predicted molar refractivity (Wildman–Crippen MR) is 154 cm³/mol. The molecule has 0 unspecified atom stereocenters. The van der Waals surface area contributed by atoms with Crippen LogP contribution in [0.25, 0.3) is 6.08 Å². The number of hydrogen-bond donors (Lipinski definition) is 0. The highest BCUT2D eigenvalue weighted by Gasteiger charge is 2.30. The van der Waals surface area contributed by atoms with Gasteiger partial charge in [-0.25, -0.2) is 0 Å². The monoisotopic (exact) mass is 540 g/mol. The number of esters is 1. The standard InChI is InChI=1S/C32H32N2O4S/c1-3-38-32(37)25-16-18-33(19-17-25)30(35)24-14-12-23(13-15-24)20-29-31(36)34(21-26-9-5-4-8-22(26)2)27-10-6-7-11-28(27)39-29/h4-15,20,25H,3,16-19,21H2,1-2H3/b29-20+. The van der Waals surface area contributed by atoms with Crippen LogP contribution in [0.1, 0.15) is 46.8 Å². The van der Waals surface area contributed by atoms with E-state index in [9.17, 15) is 14.4 Å². The minimum Gasteiger partial charge on any atom is -0.466 e. The molecule has 6 nitrogen and oxygen atoms in total. The molecule has 0 radical (unpaired) electrons. The van der Waals surface area contributed by atoms with Gasteiger partial charge in [0.05, 0.1) is 29.7 Å². The second-order valence-electron chi connectivity index (χ2n) is 9.84. The quantitative estimate of drug-likeness (QED) is 0.280. The smallest absolute Gasteiger partial charge is 0.309 e. The first kappa shape index (κ1) is 26.8. The Hall–Kier alpha value is -3.84. The van der Waals surface area contributed by atoms with E-state index < -0.39 is 0 Å². The second-order valence-corrected chi connectivity index (χ2v) is 10.9. The number of carbonyl (C=O) groups is 3. The van der Waals surface area contributed by atoms with Gasteiger partial charge in [0.1, 0.15) is 0 Å². The van der Waals surface area contributed by atoms with Crippen LogP contribution < -0.4 is 4.90 Å². The Kier molecular flexibility index (Phi) is 8.17. The lowest BCUT2D eigenvalue weighted by atomic mass is 9.96. The number of amides is 2. The van der Waals surface area contributed by atoms with Gasteiger partial charge < -0.3 is 14.5 Å². The second kappa shape index (κ2) is 11.9. The maximum Gasteiger partial charge on any atom is 0.309 e. The number of aryl methyl sites for hydroxylation is 1. The maximum atomic E-state index is 13.6. The number of benzene rings is 3. The van der Waals surface area contributed by atoms with E-state index in [0.717, 1.165) is 27.3 Å². The van der Waals surface area contributed by atoms with E-state index >= 15 is 0 Å². The molecule has 3 aromatic rings. The lowest BCUT2D eigenvalue weighted by Gasteiger charge is -2.31. The number of likely N-dealkylation sites (tertiary alicyclic amines) is 1. The van der Waals surface area contributed by atoms with Gasteiger partial charge >= 0.3 is 5.97 Å². The number of ether oxygens (including phenoxy) is 1. The van der Waals surface area contributed by atoms with Gasteiger partial charge in [-0.15, -0.1) is 0 Å². The molecule has 39 heavy (non-hydrogen) atoms. The van der Waals surface area contributed by atoms with Crippen molar-refractivity contribution in [2.45, 2.75) is 38.1 Å². The van der Waals surface area contributed by atoms with Crippen molar-refractivity contribution in [3.05, 3.63) is 100.0 Å². The summed E-state index contributed by atoms with van der Waals surface area (Å²) in [7, 11) is 0. The molecule has 0 aromatic heterocycles. The van der Waals surface area contributed by atoms with Crippen LogP contribution in [0.2, 0.25) is 0 Å². The first-order valence-electron chi connectivity index (χ1n) is 13.4. The Morgan fingerprint density at radius 1 is 0.974 bits per heavy atom. The summed E-state index contributed by atoms with van der Waals surface area (Å²) in [5.74, 6) is -0.384. The molecule has 0 saturated carbocycles. The molecule has 2 aliphatic rings.